The number of benzene rings is 3. The summed E-state index contributed by atoms with van der Waals surface area (Å²) in [6.45, 7) is 1.10. The number of carboxylic acids is 2. The lowest BCUT2D eigenvalue weighted by Gasteiger charge is -2.16. The molecule has 38 heavy (non-hydrogen) atoms. The number of carbonyl (C=O) groups is 2. The number of thiazole rings is 1. The van der Waals surface area contributed by atoms with E-state index in [9.17, 15) is 9.59 Å². The number of carboxylic acid groups (broad SMARTS) is 2. The Hall–Kier alpha value is -4.17. The van der Waals surface area contributed by atoms with E-state index in [1.54, 1.807) is 11.3 Å². The first-order chi connectivity index (χ1) is 18.4. The number of aryl methyl sites for hydroxylation is 2. The van der Waals surface area contributed by atoms with Gasteiger partial charge < -0.3 is 19.8 Å². The van der Waals surface area contributed by atoms with Crippen LogP contribution in [0.1, 0.15) is 34.4 Å². The summed E-state index contributed by atoms with van der Waals surface area (Å²) in [5, 5.41) is 18.8. The Bertz CT molecular complexity index is 1350. The van der Waals surface area contributed by atoms with Gasteiger partial charge in [0.05, 0.1) is 12.1 Å². The summed E-state index contributed by atoms with van der Waals surface area (Å²) >= 11 is 1.54. The lowest BCUT2D eigenvalue weighted by Crippen LogP contribution is -2.16. The van der Waals surface area contributed by atoms with Crippen LogP contribution in [0.2, 0.25) is 0 Å². The number of rotatable bonds is 13. The van der Waals surface area contributed by atoms with Gasteiger partial charge in [-0.2, -0.15) is 0 Å². The number of aliphatic carboxylic acids is 2. The molecule has 0 saturated heterocycles. The van der Waals surface area contributed by atoms with Gasteiger partial charge in [0, 0.05) is 30.5 Å². The molecule has 3 aromatic carbocycles. The van der Waals surface area contributed by atoms with Gasteiger partial charge in [-0.15, -0.1) is 11.3 Å². The molecule has 1 heterocycles. The van der Waals surface area contributed by atoms with Gasteiger partial charge in [0.15, 0.2) is 5.13 Å². The second kappa shape index (κ2) is 12.9. The standard InChI is InChI=1S/C30H30N2O5S/c1-32(30-31-29(24-5-3-2-4-6-24)26(38-30)16-18-28(35)36)19-22-7-9-23(10-8-22)20-37-25-14-11-21(12-15-25)13-17-27(33)34/h2-12,14-15H,13,16-20H2,1H3,(H,33,34)(H,35,36). The molecule has 7 nitrogen and oxygen atoms in total. The molecular formula is C30H30N2O5S. The highest BCUT2D eigenvalue weighted by molar-refractivity contribution is 7.16. The number of anilines is 1. The predicted octanol–water partition coefficient (Wildman–Crippen LogP) is 6.06. The van der Waals surface area contributed by atoms with E-state index in [0.29, 0.717) is 26.0 Å². The fourth-order valence-corrected chi connectivity index (χ4v) is 5.01. The zero-order valence-electron chi connectivity index (χ0n) is 21.2. The lowest BCUT2D eigenvalue weighted by molar-refractivity contribution is -0.138. The highest BCUT2D eigenvalue weighted by Gasteiger charge is 2.17. The summed E-state index contributed by atoms with van der Waals surface area (Å²) in [5.41, 5.74) is 4.98. The smallest absolute Gasteiger partial charge is 0.303 e. The zero-order valence-corrected chi connectivity index (χ0v) is 22.0. The highest BCUT2D eigenvalue weighted by atomic mass is 32.1. The molecule has 0 aliphatic carbocycles. The molecule has 0 atom stereocenters. The van der Waals surface area contributed by atoms with Crippen LogP contribution in [0.5, 0.6) is 5.75 Å². The Labute approximate surface area is 226 Å². The number of hydrogen-bond acceptors (Lipinski definition) is 6. The summed E-state index contributed by atoms with van der Waals surface area (Å²) in [5.74, 6) is -0.877. The van der Waals surface area contributed by atoms with Gasteiger partial charge in [-0.25, -0.2) is 4.98 Å². The Balaban J connectivity index is 1.36. The van der Waals surface area contributed by atoms with Gasteiger partial charge in [0.2, 0.25) is 0 Å². The van der Waals surface area contributed by atoms with E-state index >= 15 is 0 Å². The van der Waals surface area contributed by atoms with Gasteiger partial charge in [-0.1, -0.05) is 66.7 Å². The summed E-state index contributed by atoms with van der Waals surface area (Å²) in [6.07, 6.45) is 1.14. The van der Waals surface area contributed by atoms with Crippen LogP contribution in [0.15, 0.2) is 78.9 Å². The van der Waals surface area contributed by atoms with Crippen molar-refractivity contribution >= 4 is 28.4 Å². The van der Waals surface area contributed by atoms with Crippen LogP contribution in [0.25, 0.3) is 11.3 Å². The van der Waals surface area contributed by atoms with Crippen LogP contribution in [0, 0.1) is 0 Å². The average Bonchev–Trinajstić information content (AvgIpc) is 3.36. The van der Waals surface area contributed by atoms with Gasteiger partial charge >= 0.3 is 11.9 Å². The maximum Gasteiger partial charge on any atom is 0.303 e. The van der Waals surface area contributed by atoms with E-state index in [2.05, 4.69) is 17.0 Å². The molecule has 8 heteroatoms. The number of aromatic nitrogens is 1. The van der Waals surface area contributed by atoms with Crippen molar-refractivity contribution in [2.75, 3.05) is 11.9 Å². The number of ether oxygens (including phenoxy) is 1. The van der Waals surface area contributed by atoms with Crippen LogP contribution in [0.4, 0.5) is 5.13 Å². The molecule has 4 rings (SSSR count). The fourth-order valence-electron chi connectivity index (χ4n) is 3.97. The van der Waals surface area contributed by atoms with Crippen molar-refractivity contribution in [2.45, 2.75) is 38.8 Å². The zero-order chi connectivity index (χ0) is 26.9. The molecule has 0 spiro atoms. The largest absolute Gasteiger partial charge is 0.489 e. The molecule has 0 radical (unpaired) electrons. The minimum atomic E-state index is -0.816. The molecule has 0 saturated carbocycles. The molecule has 0 aliphatic heterocycles. The van der Waals surface area contributed by atoms with Gasteiger partial charge in [-0.3, -0.25) is 9.59 Å². The van der Waals surface area contributed by atoms with Crippen LogP contribution >= 0.6 is 11.3 Å². The van der Waals surface area contributed by atoms with Crippen molar-refractivity contribution in [1.29, 1.82) is 0 Å². The van der Waals surface area contributed by atoms with Crippen LogP contribution in [-0.2, 0) is 35.6 Å². The van der Waals surface area contributed by atoms with Crippen molar-refractivity contribution < 1.29 is 24.5 Å². The summed E-state index contributed by atoms with van der Waals surface area (Å²) < 4.78 is 5.88. The average molecular weight is 531 g/mol. The third-order valence-corrected chi connectivity index (χ3v) is 7.25. The number of nitrogens with zero attached hydrogens (tertiary/aromatic N) is 2. The van der Waals surface area contributed by atoms with E-state index < -0.39 is 11.9 Å². The Morgan fingerprint density at radius 3 is 2.08 bits per heavy atom. The summed E-state index contributed by atoms with van der Waals surface area (Å²) in [7, 11) is 1.99. The van der Waals surface area contributed by atoms with Crippen molar-refractivity contribution in [1.82, 2.24) is 4.98 Å². The molecule has 0 unspecified atom stereocenters. The van der Waals surface area contributed by atoms with E-state index in [4.69, 9.17) is 19.9 Å². The monoisotopic (exact) mass is 530 g/mol. The molecular weight excluding hydrogens is 500 g/mol. The minimum Gasteiger partial charge on any atom is -0.489 e. The SMILES string of the molecule is CN(Cc1ccc(COc2ccc(CCC(=O)O)cc2)cc1)c1nc(-c2ccccc2)c(CCC(=O)O)s1. The highest BCUT2D eigenvalue weighted by Crippen LogP contribution is 2.34. The van der Waals surface area contributed by atoms with Crippen molar-refractivity contribution in [3.05, 3.63) is 100 Å². The quantitative estimate of drug-likeness (QED) is 0.217. The van der Waals surface area contributed by atoms with Crippen LogP contribution < -0.4 is 9.64 Å². The van der Waals surface area contributed by atoms with Crippen molar-refractivity contribution in [3.8, 4) is 17.0 Å². The molecule has 1 aromatic heterocycles. The molecule has 196 valence electrons. The third-order valence-electron chi connectivity index (χ3n) is 6.02. The molecule has 0 amide bonds. The normalized spacial score (nSPS) is 10.8. The van der Waals surface area contributed by atoms with Crippen LogP contribution in [0.3, 0.4) is 0 Å². The van der Waals surface area contributed by atoms with E-state index in [0.717, 1.165) is 43.7 Å². The second-order valence-electron chi connectivity index (χ2n) is 9.03. The maximum atomic E-state index is 11.2. The fraction of sp³-hybridized carbons (Fsp3) is 0.233. The minimum absolute atomic E-state index is 0.0730. The van der Waals surface area contributed by atoms with Gasteiger partial charge in [-0.05, 0) is 41.7 Å². The molecule has 0 fully saturated rings. The van der Waals surface area contributed by atoms with Gasteiger partial charge in [0.1, 0.15) is 12.4 Å². The molecule has 2 N–H and O–H groups in total. The topological polar surface area (TPSA) is 100.0 Å². The van der Waals surface area contributed by atoms with E-state index in [1.807, 2.05) is 73.8 Å². The Morgan fingerprint density at radius 1 is 0.816 bits per heavy atom. The summed E-state index contributed by atoms with van der Waals surface area (Å²) in [6, 6.07) is 25.6. The van der Waals surface area contributed by atoms with Crippen molar-refractivity contribution in [3.63, 3.8) is 0 Å². The van der Waals surface area contributed by atoms with Crippen LogP contribution in [-0.4, -0.2) is 34.2 Å². The summed E-state index contributed by atoms with van der Waals surface area (Å²) in [4.78, 5) is 29.8. The maximum absolute atomic E-state index is 11.2. The first kappa shape index (κ1) is 26.9. The second-order valence-corrected chi connectivity index (χ2v) is 10.1. The third kappa shape index (κ3) is 7.66. The molecule has 0 bridgehead atoms. The predicted molar refractivity (Wildman–Crippen MR) is 149 cm³/mol. The molecule has 0 aliphatic rings. The van der Waals surface area contributed by atoms with Gasteiger partial charge in [0.25, 0.3) is 0 Å². The Morgan fingerprint density at radius 2 is 1.42 bits per heavy atom. The van der Waals surface area contributed by atoms with E-state index in [-0.39, 0.29) is 12.8 Å². The Kier molecular flexibility index (Phi) is 9.11. The number of hydrogen-bond donors (Lipinski definition) is 2. The van der Waals surface area contributed by atoms with E-state index in [1.165, 1.54) is 0 Å². The lowest BCUT2D eigenvalue weighted by atomic mass is 10.1. The van der Waals surface area contributed by atoms with Crippen molar-refractivity contribution in [2.24, 2.45) is 0 Å². The molecule has 4 aromatic rings. The first-order valence-electron chi connectivity index (χ1n) is 12.4. The first-order valence-corrected chi connectivity index (χ1v) is 13.2.